The van der Waals surface area contributed by atoms with Gasteiger partial charge in [-0.2, -0.15) is 0 Å². The molecule has 8 heteroatoms. The van der Waals surface area contributed by atoms with Gasteiger partial charge in [0.1, 0.15) is 0 Å². The first-order valence-corrected chi connectivity index (χ1v) is 8.46. The van der Waals surface area contributed by atoms with Crippen molar-refractivity contribution < 1.29 is 14.4 Å². The Hall–Kier alpha value is -2.12. The summed E-state index contributed by atoms with van der Waals surface area (Å²) in [5, 5.41) is 4.99. The summed E-state index contributed by atoms with van der Waals surface area (Å²) in [6.45, 7) is 6.28. The van der Waals surface area contributed by atoms with Crippen LogP contribution in [0.3, 0.4) is 0 Å². The van der Waals surface area contributed by atoms with Gasteiger partial charge in [-0.3, -0.25) is 14.4 Å². The summed E-state index contributed by atoms with van der Waals surface area (Å²) in [4.78, 5) is 37.3. The molecule has 1 aromatic carbocycles. The molecule has 0 heterocycles. The van der Waals surface area contributed by atoms with Crippen LogP contribution in [0.25, 0.3) is 0 Å². The number of hydrogen-bond acceptors (Lipinski definition) is 4. The smallest absolute Gasteiger partial charge is 0.242 e. The molecule has 0 radical (unpaired) electrons. The fourth-order valence-corrected chi connectivity index (χ4v) is 2.12. The monoisotopic (exact) mass is 384 g/mol. The summed E-state index contributed by atoms with van der Waals surface area (Å²) in [7, 11) is 0. The zero-order valence-electron chi connectivity index (χ0n) is 15.5. The highest BCUT2D eigenvalue weighted by atomic mass is 35.5. The Kier molecular flexibility index (Phi) is 11.3. The van der Waals surface area contributed by atoms with E-state index in [4.69, 9.17) is 5.73 Å². The van der Waals surface area contributed by atoms with Gasteiger partial charge in [0.05, 0.1) is 19.1 Å². The van der Waals surface area contributed by atoms with Crippen LogP contribution in [0.2, 0.25) is 0 Å². The van der Waals surface area contributed by atoms with Crippen LogP contribution in [0.4, 0.5) is 0 Å². The average Bonchev–Trinajstić information content (AvgIpc) is 2.62. The van der Waals surface area contributed by atoms with E-state index in [0.717, 1.165) is 5.56 Å². The molecular weight excluding hydrogens is 356 g/mol. The minimum absolute atomic E-state index is 0. The number of carbonyl (C=O) groups excluding carboxylic acids is 3. The van der Waals surface area contributed by atoms with Crippen LogP contribution >= 0.6 is 12.4 Å². The van der Waals surface area contributed by atoms with Crippen LogP contribution in [-0.4, -0.2) is 48.3 Å². The van der Waals surface area contributed by atoms with Gasteiger partial charge in [0, 0.05) is 13.1 Å². The lowest BCUT2D eigenvalue weighted by atomic mass is 10.1. The SMILES string of the molecule is CCN(Cc1ccccc1)C(=O)CNC(=O)CNC(=O)[C@@H](N)C(C)C.Cl. The lowest BCUT2D eigenvalue weighted by Gasteiger charge is -2.21. The van der Waals surface area contributed by atoms with Crippen LogP contribution in [0.15, 0.2) is 30.3 Å². The zero-order valence-corrected chi connectivity index (χ0v) is 16.3. The van der Waals surface area contributed by atoms with Crippen LogP contribution in [-0.2, 0) is 20.9 Å². The average molecular weight is 385 g/mol. The maximum Gasteiger partial charge on any atom is 0.242 e. The topological polar surface area (TPSA) is 105 Å². The molecule has 0 unspecified atom stereocenters. The van der Waals surface area contributed by atoms with E-state index in [-0.39, 0.29) is 43.2 Å². The number of amides is 3. The van der Waals surface area contributed by atoms with Gasteiger partial charge in [-0.1, -0.05) is 44.2 Å². The predicted molar refractivity (Wildman–Crippen MR) is 104 cm³/mol. The second-order valence-electron chi connectivity index (χ2n) is 6.16. The van der Waals surface area contributed by atoms with Crippen LogP contribution < -0.4 is 16.4 Å². The molecule has 0 aliphatic heterocycles. The molecule has 1 atom stereocenters. The molecule has 0 bridgehead atoms. The van der Waals surface area contributed by atoms with E-state index >= 15 is 0 Å². The second-order valence-corrected chi connectivity index (χ2v) is 6.16. The molecule has 0 spiro atoms. The second kappa shape index (κ2) is 12.3. The number of halogens is 1. The number of nitrogens with one attached hydrogen (secondary N) is 2. The van der Waals surface area contributed by atoms with Crippen LogP contribution in [0.1, 0.15) is 26.3 Å². The van der Waals surface area contributed by atoms with Crippen molar-refractivity contribution in [2.24, 2.45) is 11.7 Å². The number of nitrogens with two attached hydrogens (primary N) is 1. The van der Waals surface area contributed by atoms with E-state index in [0.29, 0.717) is 13.1 Å². The number of benzene rings is 1. The van der Waals surface area contributed by atoms with Gasteiger partial charge in [0.2, 0.25) is 17.7 Å². The molecule has 4 N–H and O–H groups in total. The van der Waals surface area contributed by atoms with E-state index in [1.165, 1.54) is 0 Å². The number of nitrogens with zero attached hydrogens (tertiary/aromatic N) is 1. The first kappa shape index (κ1) is 23.9. The number of rotatable bonds is 9. The van der Waals surface area contributed by atoms with Crippen molar-refractivity contribution in [2.45, 2.75) is 33.4 Å². The zero-order chi connectivity index (χ0) is 18.8. The third-order valence-electron chi connectivity index (χ3n) is 3.83. The van der Waals surface area contributed by atoms with E-state index in [1.807, 2.05) is 51.1 Å². The minimum atomic E-state index is -0.657. The van der Waals surface area contributed by atoms with E-state index in [2.05, 4.69) is 10.6 Å². The Labute approximate surface area is 161 Å². The van der Waals surface area contributed by atoms with Crippen molar-refractivity contribution in [3.8, 4) is 0 Å². The summed E-state index contributed by atoms with van der Waals surface area (Å²) < 4.78 is 0. The summed E-state index contributed by atoms with van der Waals surface area (Å²) >= 11 is 0. The first-order valence-electron chi connectivity index (χ1n) is 8.46. The van der Waals surface area contributed by atoms with Crippen molar-refractivity contribution in [3.05, 3.63) is 35.9 Å². The third-order valence-corrected chi connectivity index (χ3v) is 3.83. The highest BCUT2D eigenvalue weighted by Gasteiger charge is 2.18. The molecule has 7 nitrogen and oxygen atoms in total. The fraction of sp³-hybridized carbons (Fsp3) is 0.500. The van der Waals surface area contributed by atoms with Gasteiger partial charge in [-0.15, -0.1) is 12.4 Å². The molecular formula is C18H29ClN4O3. The lowest BCUT2D eigenvalue weighted by Crippen LogP contribution is -2.48. The van der Waals surface area contributed by atoms with E-state index in [1.54, 1.807) is 4.90 Å². The van der Waals surface area contributed by atoms with Crippen molar-refractivity contribution in [1.29, 1.82) is 0 Å². The van der Waals surface area contributed by atoms with Crippen molar-refractivity contribution in [3.63, 3.8) is 0 Å². The van der Waals surface area contributed by atoms with E-state index in [9.17, 15) is 14.4 Å². The van der Waals surface area contributed by atoms with Crippen LogP contribution in [0.5, 0.6) is 0 Å². The lowest BCUT2D eigenvalue weighted by molar-refractivity contribution is -0.133. The van der Waals surface area contributed by atoms with Gasteiger partial charge in [-0.25, -0.2) is 0 Å². The highest BCUT2D eigenvalue weighted by Crippen LogP contribution is 2.04. The predicted octanol–water partition coefficient (Wildman–Crippen LogP) is 0.673. The number of hydrogen-bond donors (Lipinski definition) is 3. The third kappa shape index (κ3) is 8.31. The molecule has 0 aliphatic carbocycles. The summed E-state index contributed by atoms with van der Waals surface area (Å²) in [5.41, 5.74) is 6.72. The van der Waals surface area contributed by atoms with Gasteiger partial charge in [0.15, 0.2) is 0 Å². The van der Waals surface area contributed by atoms with Gasteiger partial charge in [-0.05, 0) is 18.4 Å². The molecule has 26 heavy (non-hydrogen) atoms. The van der Waals surface area contributed by atoms with E-state index < -0.39 is 11.9 Å². The molecule has 0 fully saturated rings. The number of carbonyl (C=O) groups is 3. The standard InChI is InChI=1S/C18H28N4O3.ClH/c1-4-22(12-14-8-6-5-7-9-14)16(24)11-20-15(23)10-21-18(25)17(19)13(2)3;/h5-9,13,17H,4,10-12,19H2,1-3H3,(H,20,23)(H,21,25);1H/t17-;/m0./s1. The normalized spacial score (nSPS) is 11.3. The van der Waals surface area contributed by atoms with Crippen molar-refractivity contribution in [1.82, 2.24) is 15.5 Å². The quantitative estimate of drug-likeness (QED) is 0.582. The maximum absolute atomic E-state index is 12.2. The molecule has 3 amide bonds. The van der Waals surface area contributed by atoms with Gasteiger partial charge in [0.25, 0.3) is 0 Å². The maximum atomic E-state index is 12.2. The summed E-state index contributed by atoms with van der Waals surface area (Å²) in [5.74, 6) is -0.991. The molecule has 0 saturated heterocycles. The highest BCUT2D eigenvalue weighted by molar-refractivity contribution is 5.89. The minimum Gasteiger partial charge on any atom is -0.346 e. The molecule has 0 aromatic heterocycles. The summed E-state index contributed by atoms with van der Waals surface area (Å²) in [6.07, 6.45) is 0. The van der Waals surface area contributed by atoms with Crippen molar-refractivity contribution >= 4 is 30.1 Å². The van der Waals surface area contributed by atoms with Gasteiger partial charge >= 0.3 is 0 Å². The van der Waals surface area contributed by atoms with Crippen molar-refractivity contribution in [2.75, 3.05) is 19.6 Å². The Morgan fingerprint density at radius 3 is 2.23 bits per heavy atom. The Morgan fingerprint density at radius 2 is 1.69 bits per heavy atom. The Morgan fingerprint density at radius 1 is 1.08 bits per heavy atom. The molecule has 0 aliphatic rings. The largest absolute Gasteiger partial charge is 0.346 e. The molecule has 1 aromatic rings. The number of likely N-dealkylation sites (N-methyl/N-ethyl adjacent to an activating group) is 1. The molecule has 1 rings (SSSR count). The van der Waals surface area contributed by atoms with Crippen LogP contribution in [0, 0.1) is 5.92 Å². The fourth-order valence-electron chi connectivity index (χ4n) is 2.12. The molecule has 0 saturated carbocycles. The first-order chi connectivity index (χ1) is 11.8. The Balaban J connectivity index is 0.00000625. The summed E-state index contributed by atoms with van der Waals surface area (Å²) in [6, 6.07) is 8.99. The molecule has 146 valence electrons. The van der Waals surface area contributed by atoms with Gasteiger partial charge < -0.3 is 21.3 Å². The Bertz CT molecular complexity index is 581.